The van der Waals surface area contributed by atoms with Crippen molar-refractivity contribution in [3.8, 4) is 5.82 Å². The molecule has 0 N–H and O–H groups in total. The summed E-state index contributed by atoms with van der Waals surface area (Å²) in [5, 5.41) is 4.10. The molecule has 4 rings (SSSR count). The van der Waals surface area contributed by atoms with E-state index in [1.54, 1.807) is 17.9 Å². The van der Waals surface area contributed by atoms with Gasteiger partial charge < -0.3 is 14.7 Å². The van der Waals surface area contributed by atoms with Gasteiger partial charge in [0, 0.05) is 58.2 Å². The lowest BCUT2D eigenvalue weighted by molar-refractivity contribution is -0.140. The first-order valence-electron chi connectivity index (χ1n) is 9.58. The van der Waals surface area contributed by atoms with E-state index in [0.717, 1.165) is 31.7 Å². The molecular weight excluding hydrogens is 360 g/mol. The van der Waals surface area contributed by atoms with Crippen molar-refractivity contribution >= 4 is 17.6 Å². The fraction of sp³-hybridized carbons (Fsp3) is 0.556. The third-order valence-corrected chi connectivity index (χ3v) is 5.50. The molecule has 2 aromatic heterocycles. The largest absolute Gasteiger partial charge is 0.353 e. The summed E-state index contributed by atoms with van der Waals surface area (Å²) < 4.78 is 1.60. The number of anilines is 1. The molecule has 0 aromatic carbocycles. The Kier molecular flexibility index (Phi) is 5.18. The zero-order valence-electron chi connectivity index (χ0n) is 15.9. The zero-order valence-corrected chi connectivity index (χ0v) is 15.9. The molecule has 4 heterocycles. The summed E-state index contributed by atoms with van der Waals surface area (Å²) in [7, 11) is 0. The number of piperidine rings is 1. The molecule has 2 amide bonds. The van der Waals surface area contributed by atoms with Gasteiger partial charge in [0.05, 0.1) is 0 Å². The highest BCUT2D eigenvalue weighted by atomic mass is 16.2. The molecule has 0 saturated carbocycles. The molecule has 0 bridgehead atoms. The van der Waals surface area contributed by atoms with Gasteiger partial charge in [-0.1, -0.05) is 0 Å². The van der Waals surface area contributed by atoms with Gasteiger partial charge in [-0.15, -0.1) is 0 Å². The average molecular weight is 384 g/mol. The first-order chi connectivity index (χ1) is 13.6. The van der Waals surface area contributed by atoms with Gasteiger partial charge in [-0.25, -0.2) is 19.6 Å². The number of likely N-dealkylation sites (tertiary alicyclic amines) is 1. The Bertz CT molecular complexity index is 824. The van der Waals surface area contributed by atoms with Gasteiger partial charge in [0.2, 0.25) is 11.8 Å². The van der Waals surface area contributed by atoms with E-state index in [9.17, 15) is 9.59 Å². The summed E-state index contributed by atoms with van der Waals surface area (Å²) >= 11 is 0. The fourth-order valence-electron chi connectivity index (χ4n) is 3.82. The third-order valence-electron chi connectivity index (χ3n) is 5.50. The van der Waals surface area contributed by atoms with Crippen LogP contribution < -0.4 is 4.90 Å². The van der Waals surface area contributed by atoms with Crippen molar-refractivity contribution < 1.29 is 9.59 Å². The molecule has 0 aliphatic carbocycles. The van der Waals surface area contributed by atoms with Crippen LogP contribution in [-0.4, -0.2) is 85.6 Å². The van der Waals surface area contributed by atoms with Crippen LogP contribution in [0.15, 0.2) is 25.0 Å². The van der Waals surface area contributed by atoms with E-state index in [1.807, 2.05) is 15.9 Å². The predicted molar refractivity (Wildman–Crippen MR) is 101 cm³/mol. The van der Waals surface area contributed by atoms with Crippen LogP contribution >= 0.6 is 0 Å². The maximum Gasteiger partial charge on any atom is 0.225 e. The Hall–Kier alpha value is -3.04. The molecule has 2 fully saturated rings. The van der Waals surface area contributed by atoms with E-state index in [0.29, 0.717) is 32.0 Å². The van der Waals surface area contributed by atoms with Gasteiger partial charge in [0.1, 0.15) is 24.8 Å². The van der Waals surface area contributed by atoms with Crippen LogP contribution in [0.4, 0.5) is 5.82 Å². The van der Waals surface area contributed by atoms with Gasteiger partial charge >= 0.3 is 0 Å². The molecule has 10 nitrogen and oxygen atoms in total. The quantitative estimate of drug-likeness (QED) is 0.732. The lowest BCUT2D eigenvalue weighted by atomic mass is 9.95. The van der Waals surface area contributed by atoms with E-state index < -0.39 is 0 Å². The number of carbonyl (C=O) groups excluding carboxylic acids is 2. The molecule has 2 aromatic rings. The Labute approximate surface area is 163 Å². The monoisotopic (exact) mass is 384 g/mol. The normalized spacial score (nSPS) is 18.4. The van der Waals surface area contributed by atoms with Crippen LogP contribution in [0.25, 0.3) is 5.82 Å². The van der Waals surface area contributed by atoms with Crippen molar-refractivity contribution in [3.05, 3.63) is 25.0 Å². The molecule has 28 heavy (non-hydrogen) atoms. The molecule has 2 aliphatic heterocycles. The first kappa shape index (κ1) is 18.3. The van der Waals surface area contributed by atoms with Gasteiger partial charge in [-0.05, 0) is 12.8 Å². The van der Waals surface area contributed by atoms with E-state index >= 15 is 0 Å². The molecule has 0 radical (unpaired) electrons. The minimum absolute atomic E-state index is 0.0279. The average Bonchev–Trinajstić information content (AvgIpc) is 3.28. The molecule has 148 valence electrons. The van der Waals surface area contributed by atoms with Crippen LogP contribution in [-0.2, 0) is 9.59 Å². The van der Waals surface area contributed by atoms with Crippen LogP contribution in [0.2, 0.25) is 0 Å². The standard InChI is InChI=1S/C18H24N8O2/c1-14(27)23-4-2-15(3-5-23)18(28)25-8-6-24(7-9-25)16-10-17(21-12-20-16)26-13-19-11-22-26/h10-13,15H,2-9H2,1H3. The Morgan fingerprint density at radius 1 is 0.929 bits per heavy atom. The van der Waals surface area contributed by atoms with Crippen molar-refractivity contribution in [1.29, 1.82) is 0 Å². The maximum absolute atomic E-state index is 12.8. The number of hydrogen-bond donors (Lipinski definition) is 0. The van der Waals surface area contributed by atoms with Crippen molar-refractivity contribution in [2.24, 2.45) is 5.92 Å². The summed E-state index contributed by atoms with van der Waals surface area (Å²) in [5.41, 5.74) is 0. The van der Waals surface area contributed by atoms with Crippen molar-refractivity contribution in [1.82, 2.24) is 34.5 Å². The highest BCUT2D eigenvalue weighted by molar-refractivity contribution is 5.80. The third kappa shape index (κ3) is 3.80. The summed E-state index contributed by atoms with van der Waals surface area (Å²) in [6.45, 7) is 5.75. The molecule has 0 unspecified atom stereocenters. The highest BCUT2D eigenvalue weighted by Gasteiger charge is 2.31. The second-order valence-corrected chi connectivity index (χ2v) is 7.17. The van der Waals surface area contributed by atoms with Crippen LogP contribution in [0.5, 0.6) is 0 Å². The van der Waals surface area contributed by atoms with Gasteiger partial charge in [0.15, 0.2) is 5.82 Å². The highest BCUT2D eigenvalue weighted by Crippen LogP contribution is 2.22. The number of hydrogen-bond acceptors (Lipinski definition) is 7. The van der Waals surface area contributed by atoms with Crippen LogP contribution in [0.3, 0.4) is 0 Å². The van der Waals surface area contributed by atoms with Crippen molar-refractivity contribution in [3.63, 3.8) is 0 Å². The molecule has 10 heteroatoms. The van der Waals surface area contributed by atoms with E-state index in [4.69, 9.17) is 0 Å². The minimum Gasteiger partial charge on any atom is -0.353 e. The summed E-state index contributed by atoms with van der Waals surface area (Å²) in [4.78, 5) is 42.8. The molecule has 0 spiro atoms. The van der Waals surface area contributed by atoms with Gasteiger partial charge in [-0.2, -0.15) is 5.10 Å². The Balaban J connectivity index is 1.33. The number of carbonyl (C=O) groups is 2. The number of piperazine rings is 1. The molecule has 2 aliphatic rings. The minimum atomic E-state index is 0.0279. The second-order valence-electron chi connectivity index (χ2n) is 7.17. The van der Waals surface area contributed by atoms with Crippen molar-refractivity contribution in [2.75, 3.05) is 44.2 Å². The van der Waals surface area contributed by atoms with E-state index in [-0.39, 0.29) is 17.7 Å². The fourth-order valence-corrected chi connectivity index (χ4v) is 3.82. The van der Waals surface area contributed by atoms with E-state index in [2.05, 4.69) is 25.0 Å². The van der Waals surface area contributed by atoms with E-state index in [1.165, 1.54) is 12.7 Å². The summed E-state index contributed by atoms with van der Waals surface area (Å²) in [5.74, 6) is 1.82. The van der Waals surface area contributed by atoms with Crippen LogP contribution in [0.1, 0.15) is 19.8 Å². The lowest BCUT2D eigenvalue weighted by Crippen LogP contribution is -2.52. The molecule has 0 atom stereocenters. The van der Waals surface area contributed by atoms with Gasteiger partial charge in [-0.3, -0.25) is 9.59 Å². The SMILES string of the molecule is CC(=O)N1CCC(C(=O)N2CCN(c3cc(-n4cncn4)ncn3)CC2)CC1. The zero-order chi connectivity index (χ0) is 19.5. The number of aromatic nitrogens is 5. The number of nitrogens with zero attached hydrogens (tertiary/aromatic N) is 8. The topological polar surface area (TPSA) is 100 Å². The van der Waals surface area contributed by atoms with Crippen molar-refractivity contribution in [2.45, 2.75) is 19.8 Å². The lowest BCUT2D eigenvalue weighted by Gasteiger charge is -2.38. The predicted octanol–water partition coefficient (Wildman–Crippen LogP) is -0.0356. The maximum atomic E-state index is 12.8. The Morgan fingerprint density at radius 2 is 1.64 bits per heavy atom. The number of rotatable bonds is 3. The van der Waals surface area contributed by atoms with Crippen LogP contribution in [0, 0.1) is 5.92 Å². The first-order valence-corrected chi connectivity index (χ1v) is 9.58. The molecular formula is C18H24N8O2. The smallest absolute Gasteiger partial charge is 0.225 e. The van der Waals surface area contributed by atoms with Gasteiger partial charge in [0.25, 0.3) is 0 Å². The summed E-state index contributed by atoms with van der Waals surface area (Å²) in [6.07, 6.45) is 6.09. The second kappa shape index (κ2) is 7.91. The molecule has 2 saturated heterocycles. The Morgan fingerprint density at radius 3 is 2.29 bits per heavy atom. The summed E-state index contributed by atoms with van der Waals surface area (Å²) in [6, 6.07) is 1.88. The number of amides is 2.